The third-order valence-corrected chi connectivity index (χ3v) is 22.3. The van der Waals surface area contributed by atoms with E-state index < -0.39 is 57.3 Å². The lowest BCUT2D eigenvalue weighted by Gasteiger charge is -2.56. The number of sulfonamides is 1. The minimum absolute atomic E-state index is 0.0481. The van der Waals surface area contributed by atoms with E-state index in [4.69, 9.17) is 10.1 Å². The second-order valence-corrected chi connectivity index (χ2v) is 30.5. The normalized spacial score (nSPS) is 22.7. The Morgan fingerprint density at radius 3 is 2.26 bits per heavy atom. The Morgan fingerprint density at radius 2 is 1.60 bits per heavy atom. The number of pyridine rings is 2. The fourth-order valence-corrected chi connectivity index (χ4v) is 17.8. The van der Waals surface area contributed by atoms with Crippen molar-refractivity contribution in [3.63, 3.8) is 0 Å². The van der Waals surface area contributed by atoms with Crippen molar-refractivity contribution in [3.05, 3.63) is 101 Å². The highest BCUT2D eigenvalue weighted by Gasteiger charge is 2.51. The zero-order chi connectivity index (χ0) is 62.7. The highest BCUT2D eigenvalue weighted by Crippen LogP contribution is 2.60. The molecule has 0 radical (unpaired) electrons. The molecule has 2 aliphatic heterocycles. The summed E-state index contributed by atoms with van der Waals surface area (Å²) in [5.74, 6) is 0.800. The van der Waals surface area contributed by atoms with Gasteiger partial charge in [-0.05, 0) is 174 Å². The van der Waals surface area contributed by atoms with Crippen molar-refractivity contribution in [2.45, 2.75) is 137 Å². The van der Waals surface area contributed by atoms with Crippen LogP contribution < -0.4 is 25.6 Å². The van der Waals surface area contributed by atoms with Crippen molar-refractivity contribution in [3.8, 4) is 21.6 Å². The summed E-state index contributed by atoms with van der Waals surface area (Å²) in [6, 6.07) is 14.7. The highest BCUT2D eigenvalue weighted by atomic mass is 32.2. The summed E-state index contributed by atoms with van der Waals surface area (Å²) in [5.41, 5.74) is 7.58. The lowest BCUT2D eigenvalue weighted by Crippen LogP contribution is -2.59. The maximum Gasteiger partial charge on any atom is 0.284 e. The van der Waals surface area contributed by atoms with Gasteiger partial charge in [-0.3, -0.25) is 28.8 Å². The fraction of sp³-hybridized carbons (Fsp3) is 0.516. The van der Waals surface area contributed by atoms with Gasteiger partial charge in [0.25, 0.3) is 5.91 Å². The number of aryl methyl sites for hydroxylation is 2. The molecular weight excluding hydrogens is 1190 g/mol. The second-order valence-electron chi connectivity index (χ2n) is 26.9. The predicted molar refractivity (Wildman–Crippen MR) is 343 cm³/mol. The predicted octanol–water partition coefficient (Wildman–Crippen LogP) is 8.66. The molecule has 0 unspecified atom stereocenters. The van der Waals surface area contributed by atoms with Crippen LogP contribution in [0.3, 0.4) is 0 Å². The van der Waals surface area contributed by atoms with Crippen LogP contribution in [0.25, 0.3) is 31.9 Å². The number of fused-ring (bicyclic) bond motifs is 1. The molecule has 4 aliphatic carbocycles. The number of thiazole rings is 2. The highest BCUT2D eigenvalue weighted by molar-refractivity contribution is 7.90. The molecule has 4 bridgehead atoms. The number of likely N-dealkylation sites (tertiary alicyclic amines) is 2. The molecule has 2 saturated heterocycles. The number of nitrogens with zero attached hydrogens (tertiary/aromatic N) is 11. The number of hydrogen-bond acceptors (Lipinski definition) is 19. The number of rotatable bonds is 19. The van der Waals surface area contributed by atoms with Gasteiger partial charge in [-0.25, -0.2) is 33.1 Å². The molecule has 470 valence electrons. The van der Waals surface area contributed by atoms with Crippen LogP contribution in [0.5, 0.6) is 0 Å². The fourth-order valence-electron chi connectivity index (χ4n) is 14.8. The third-order valence-electron chi connectivity index (χ3n) is 19.0. The number of hydrogen-bond donors (Lipinski definition) is 5. The number of aliphatic hydroxyl groups excluding tert-OH is 1. The second kappa shape index (κ2) is 24.8. The summed E-state index contributed by atoms with van der Waals surface area (Å²) in [7, 11) is -2.47. The van der Waals surface area contributed by atoms with E-state index in [0.717, 1.165) is 67.6 Å². The molecule has 4 amide bonds. The summed E-state index contributed by atoms with van der Waals surface area (Å²) in [6.45, 7) is 14.7. The van der Waals surface area contributed by atoms with Crippen molar-refractivity contribution < 1.29 is 32.7 Å². The number of aliphatic hydroxyl groups is 1. The first kappa shape index (κ1) is 61.9. The van der Waals surface area contributed by atoms with Gasteiger partial charge < -0.3 is 30.9 Å². The first-order valence-electron chi connectivity index (χ1n) is 30.9. The smallest absolute Gasteiger partial charge is 0.284 e. The lowest BCUT2D eigenvalue weighted by atomic mass is 9.49. The van der Waals surface area contributed by atoms with Gasteiger partial charge in [-0.1, -0.05) is 56.4 Å². The van der Waals surface area contributed by atoms with Crippen molar-refractivity contribution in [1.29, 1.82) is 0 Å². The van der Waals surface area contributed by atoms with Crippen molar-refractivity contribution in [2.75, 3.05) is 49.2 Å². The maximum atomic E-state index is 14.7. The number of carbonyl (C=O) groups excluding carboxylic acids is 4. The van der Waals surface area contributed by atoms with E-state index in [-0.39, 0.29) is 48.3 Å². The van der Waals surface area contributed by atoms with Crippen LogP contribution in [0, 0.1) is 55.3 Å². The van der Waals surface area contributed by atoms with Crippen molar-refractivity contribution in [2.24, 2.45) is 34.5 Å². The van der Waals surface area contributed by atoms with Crippen molar-refractivity contribution >= 4 is 89.3 Å². The molecule has 6 aliphatic rings. The first-order valence-corrected chi connectivity index (χ1v) is 34.2. The van der Waals surface area contributed by atoms with E-state index >= 15 is 0 Å². The molecule has 5 N–H and O–H groups in total. The Balaban J connectivity index is 0.691. The third kappa shape index (κ3) is 13.5. The summed E-state index contributed by atoms with van der Waals surface area (Å²) < 4.78 is 32.8. The van der Waals surface area contributed by atoms with Crippen LogP contribution in [0.2, 0.25) is 0 Å². The van der Waals surface area contributed by atoms with Crippen LogP contribution in [0.15, 0.2) is 72.5 Å². The number of carbonyl (C=O) groups is 4. The Morgan fingerprint density at radius 1 is 0.876 bits per heavy atom. The molecule has 25 heteroatoms. The summed E-state index contributed by atoms with van der Waals surface area (Å²) in [6.07, 6.45) is 11.1. The minimum atomic E-state index is -4.23. The van der Waals surface area contributed by atoms with Crippen LogP contribution in [-0.2, 0) is 31.0 Å². The number of anilines is 4. The van der Waals surface area contributed by atoms with Crippen LogP contribution >= 0.6 is 22.7 Å². The monoisotopic (exact) mass is 1270 g/mol. The van der Waals surface area contributed by atoms with Crippen LogP contribution in [0.1, 0.15) is 125 Å². The average molecular weight is 1270 g/mol. The van der Waals surface area contributed by atoms with Gasteiger partial charge in [0.1, 0.15) is 33.9 Å². The zero-order valence-corrected chi connectivity index (χ0v) is 54.1. The summed E-state index contributed by atoms with van der Waals surface area (Å²) in [4.78, 5) is 82.1. The summed E-state index contributed by atoms with van der Waals surface area (Å²) >= 11 is 2.97. The molecule has 4 saturated carbocycles. The Labute approximate surface area is 527 Å². The number of aromatic nitrogens is 8. The molecule has 7 aromatic rings. The Bertz CT molecular complexity index is 3860. The van der Waals surface area contributed by atoms with Crippen LogP contribution in [0.4, 0.5) is 22.6 Å². The number of amides is 4. The molecule has 8 heterocycles. The van der Waals surface area contributed by atoms with Gasteiger partial charge in [0, 0.05) is 49.6 Å². The molecule has 0 spiro atoms. The van der Waals surface area contributed by atoms with Gasteiger partial charge in [0.15, 0.2) is 16.8 Å². The Kier molecular flexibility index (Phi) is 17.3. The van der Waals surface area contributed by atoms with Crippen molar-refractivity contribution in [1.82, 2.24) is 65.1 Å². The van der Waals surface area contributed by atoms with E-state index in [0.29, 0.717) is 59.6 Å². The lowest BCUT2D eigenvalue weighted by molar-refractivity contribution is -0.144. The van der Waals surface area contributed by atoms with Gasteiger partial charge >= 0.3 is 0 Å². The molecule has 22 nitrogen and oxygen atoms in total. The number of nitrogens with one attached hydrogen (secondary N) is 4. The minimum Gasteiger partial charge on any atom is -0.391 e. The quantitative estimate of drug-likeness (QED) is 0.0506. The molecule has 6 aromatic heterocycles. The number of benzene rings is 1. The maximum absolute atomic E-state index is 14.7. The topological polar surface area (TPSA) is 276 Å². The molecule has 6 fully saturated rings. The van der Waals surface area contributed by atoms with E-state index in [9.17, 15) is 32.7 Å². The van der Waals surface area contributed by atoms with Crippen LogP contribution in [-0.4, -0.2) is 144 Å². The SMILES string of the molecule is Cc1cc(N(C)c2ccc(-c3cnn(CC45CC6CC(CC(C6)C4)C5)c3C)c(C(=O)NS(=O)(=O)CC3CCN(CC(=O)N[C@H](C(=O)N4C[C@H](O)C[C@H]4C(=O)N[C@@H](C)c4ccc(-c5scnc5C)cc4)C(C)(C)C)CC3)n2)nnc1Nc1nc2cccnc2s1. The van der Waals surface area contributed by atoms with E-state index in [1.54, 1.807) is 47.8 Å². The van der Waals surface area contributed by atoms with Gasteiger partial charge in [0.05, 0.1) is 46.7 Å². The first-order chi connectivity index (χ1) is 42.4. The Hall–Kier alpha value is -7.32. The summed E-state index contributed by atoms with van der Waals surface area (Å²) in [5, 5.41) is 34.6. The van der Waals surface area contributed by atoms with Gasteiger partial charge in [0.2, 0.25) is 27.7 Å². The van der Waals surface area contributed by atoms with E-state index in [1.165, 1.54) is 54.8 Å². The van der Waals surface area contributed by atoms with E-state index in [2.05, 4.69) is 50.5 Å². The zero-order valence-electron chi connectivity index (χ0n) is 51.7. The molecule has 89 heavy (non-hydrogen) atoms. The molecule has 1 aromatic carbocycles. The van der Waals surface area contributed by atoms with Gasteiger partial charge in [-0.2, -0.15) is 5.10 Å². The molecule has 4 atom stereocenters. The van der Waals surface area contributed by atoms with Gasteiger partial charge in [-0.15, -0.1) is 21.5 Å². The standard InChI is InChI=1S/C64H79N15O7S3/c1-36-22-52(73-74-57(36)72-62-69-49-10-9-19-65-60(49)88-62)76(8)51-16-15-47(48-30-67-79(39(48)4)34-64-27-41-23-42(28-64)25-43(24-41)29-64)54(70-51)59(83)75-89(85,86)33-40-17-20-77(21-18-40)32-53(81)71-56(63(5,6)7)61(84)78-31-46(80)26-50(78)58(82)68-37(2)44-11-13-45(14-12-44)55-38(3)66-35-87-55/h9-16,19,22,30,35,37,40-43,46,50,56,80H,17-18,20-21,23-29,31-34H2,1-8H3,(H,68,82)(H,71,81)(H,75,83)(H,69,72,74)/t37-,41?,42?,43?,46+,50-,56+,64?/m0/s1. The largest absolute Gasteiger partial charge is 0.391 e. The molecular formula is C64H79N15O7S3. The number of β-amino-alcohol motifs (C(OH)–C–C–N with tert-alkyl or cyclic N) is 1. The molecule has 13 rings (SSSR count). The van der Waals surface area contributed by atoms with E-state index in [1.807, 2.05) is 101 Å². The average Bonchev–Trinajstić information content (AvgIpc) is 1.35. The number of piperidine rings is 1.